The summed E-state index contributed by atoms with van der Waals surface area (Å²) in [6.07, 6.45) is 5.17. The molecule has 30 heavy (non-hydrogen) atoms. The maximum absolute atomic E-state index is 13.7. The van der Waals surface area contributed by atoms with E-state index in [-0.39, 0.29) is 23.9 Å². The molecule has 0 amide bonds. The zero-order valence-electron chi connectivity index (χ0n) is 16.7. The second-order valence-corrected chi connectivity index (χ2v) is 7.50. The molecule has 0 bridgehead atoms. The van der Waals surface area contributed by atoms with Crippen LogP contribution in [0.3, 0.4) is 0 Å². The van der Waals surface area contributed by atoms with Crippen LogP contribution in [0.4, 0.5) is 4.39 Å². The van der Waals surface area contributed by atoms with Crippen molar-refractivity contribution in [2.24, 2.45) is 0 Å². The van der Waals surface area contributed by atoms with Gasteiger partial charge in [0.05, 0.1) is 18.1 Å². The number of carbonyl (C=O) groups excluding carboxylic acids is 1. The van der Waals surface area contributed by atoms with Gasteiger partial charge in [0.2, 0.25) is 0 Å². The number of pyridine rings is 1. The number of Topliss-reactive ketones (excluding diaryl/α,β-unsaturated/α-hetero) is 1. The van der Waals surface area contributed by atoms with Crippen LogP contribution in [-0.4, -0.2) is 30.5 Å². The predicted molar refractivity (Wildman–Crippen MR) is 111 cm³/mol. The number of nitrogens with zero attached hydrogens (tertiary/aromatic N) is 4. The van der Waals surface area contributed by atoms with Crippen LogP contribution >= 0.6 is 0 Å². The number of fused-ring (bicyclic) bond motifs is 1. The van der Waals surface area contributed by atoms with Gasteiger partial charge in [-0.15, -0.1) is 0 Å². The maximum atomic E-state index is 13.7. The first kappa shape index (κ1) is 19.7. The van der Waals surface area contributed by atoms with Crippen molar-refractivity contribution in [1.82, 2.24) is 19.6 Å². The van der Waals surface area contributed by atoms with Crippen LogP contribution in [0.2, 0.25) is 0 Å². The van der Waals surface area contributed by atoms with Gasteiger partial charge >= 0.3 is 0 Å². The Labute approximate surface area is 173 Å². The third-order valence-electron chi connectivity index (χ3n) is 4.98. The highest BCUT2D eigenvalue weighted by Gasteiger charge is 2.19. The summed E-state index contributed by atoms with van der Waals surface area (Å²) in [5.74, 6) is -0.214. The zero-order valence-corrected chi connectivity index (χ0v) is 16.7. The molecule has 0 radical (unpaired) electrons. The van der Waals surface area contributed by atoms with Gasteiger partial charge in [-0.05, 0) is 42.2 Å². The quantitative estimate of drug-likeness (QED) is 0.476. The summed E-state index contributed by atoms with van der Waals surface area (Å²) in [5.41, 5.74) is 3.81. The van der Waals surface area contributed by atoms with Crippen molar-refractivity contribution in [2.45, 2.75) is 32.6 Å². The molecule has 0 fully saturated rings. The summed E-state index contributed by atoms with van der Waals surface area (Å²) in [4.78, 5) is 21.7. The van der Waals surface area contributed by atoms with Gasteiger partial charge in [-0.1, -0.05) is 26.0 Å². The Morgan fingerprint density at radius 1 is 1.13 bits per heavy atom. The number of rotatable bonds is 6. The van der Waals surface area contributed by atoms with Crippen LogP contribution in [0.15, 0.2) is 55.0 Å². The number of ketones is 1. The first-order valence-electron chi connectivity index (χ1n) is 9.73. The average molecular weight is 404 g/mol. The molecule has 4 aromatic rings. The molecule has 1 N–H and O–H groups in total. The number of benzene rings is 1. The standard InChI is InChI=1S/C23H21FN4O2/c1-14(2)19-13-26-28-21(22(30)8-5-15-3-6-18(29)7-4-15)10-20(27-23(19)28)16-9-17(24)12-25-11-16/h3-4,6-7,9-14,29H,5,8H2,1-2H3. The van der Waals surface area contributed by atoms with E-state index in [1.807, 2.05) is 13.8 Å². The van der Waals surface area contributed by atoms with Gasteiger partial charge in [0.1, 0.15) is 17.3 Å². The fraction of sp³-hybridized carbons (Fsp3) is 0.217. The third-order valence-corrected chi connectivity index (χ3v) is 4.98. The Kier molecular flexibility index (Phi) is 5.27. The zero-order chi connectivity index (χ0) is 21.3. The van der Waals surface area contributed by atoms with E-state index < -0.39 is 5.82 Å². The summed E-state index contributed by atoms with van der Waals surface area (Å²) in [7, 11) is 0. The number of aryl methyl sites for hydroxylation is 1. The SMILES string of the molecule is CC(C)c1cnn2c(C(=O)CCc3ccc(O)cc3)cc(-c3cncc(F)c3)nc12. The Morgan fingerprint density at radius 3 is 2.60 bits per heavy atom. The van der Waals surface area contributed by atoms with Crippen LogP contribution in [0.5, 0.6) is 5.75 Å². The normalized spacial score (nSPS) is 11.3. The minimum absolute atomic E-state index is 0.0977. The number of carbonyl (C=O) groups is 1. The molecule has 0 aliphatic heterocycles. The van der Waals surface area contributed by atoms with Crippen molar-refractivity contribution < 1.29 is 14.3 Å². The van der Waals surface area contributed by atoms with Crippen LogP contribution in [0.25, 0.3) is 16.9 Å². The molecule has 0 spiro atoms. The second-order valence-electron chi connectivity index (χ2n) is 7.50. The molecule has 0 saturated carbocycles. The van der Waals surface area contributed by atoms with Crippen molar-refractivity contribution in [3.8, 4) is 17.0 Å². The van der Waals surface area contributed by atoms with Crippen LogP contribution < -0.4 is 0 Å². The van der Waals surface area contributed by atoms with E-state index in [0.717, 1.165) is 17.3 Å². The highest BCUT2D eigenvalue weighted by molar-refractivity contribution is 5.96. The molecule has 0 atom stereocenters. The number of phenols is 1. The molecule has 0 aliphatic carbocycles. The molecule has 1 aromatic carbocycles. The Balaban J connectivity index is 1.75. The minimum atomic E-state index is -0.466. The van der Waals surface area contributed by atoms with Gasteiger partial charge in [-0.25, -0.2) is 13.9 Å². The van der Waals surface area contributed by atoms with Gasteiger partial charge in [0.25, 0.3) is 0 Å². The van der Waals surface area contributed by atoms with E-state index >= 15 is 0 Å². The van der Waals surface area contributed by atoms with Crippen LogP contribution in [0, 0.1) is 5.82 Å². The maximum Gasteiger partial charge on any atom is 0.181 e. The van der Waals surface area contributed by atoms with E-state index in [4.69, 9.17) is 0 Å². The fourth-order valence-corrected chi connectivity index (χ4v) is 3.33. The number of phenolic OH excluding ortho intramolecular Hbond substituents is 1. The highest BCUT2D eigenvalue weighted by Crippen LogP contribution is 2.25. The van der Waals surface area contributed by atoms with Crippen molar-refractivity contribution in [1.29, 1.82) is 0 Å². The first-order chi connectivity index (χ1) is 14.4. The molecule has 3 aromatic heterocycles. The summed E-state index contributed by atoms with van der Waals surface area (Å²) in [6, 6.07) is 9.77. The number of hydrogen-bond acceptors (Lipinski definition) is 5. The van der Waals surface area contributed by atoms with Gasteiger partial charge in [0, 0.05) is 23.7 Å². The second kappa shape index (κ2) is 8.02. The summed E-state index contributed by atoms with van der Waals surface area (Å²) < 4.78 is 15.3. The van der Waals surface area contributed by atoms with Gasteiger partial charge < -0.3 is 5.11 Å². The van der Waals surface area contributed by atoms with Gasteiger partial charge in [0.15, 0.2) is 11.4 Å². The van der Waals surface area contributed by atoms with Crippen molar-refractivity contribution in [3.63, 3.8) is 0 Å². The lowest BCUT2D eigenvalue weighted by molar-refractivity contribution is 0.0975. The molecule has 152 valence electrons. The van der Waals surface area contributed by atoms with Gasteiger partial charge in [-0.2, -0.15) is 5.10 Å². The largest absolute Gasteiger partial charge is 0.508 e. The smallest absolute Gasteiger partial charge is 0.181 e. The molecule has 0 saturated heterocycles. The Hall–Kier alpha value is -3.61. The summed E-state index contributed by atoms with van der Waals surface area (Å²) in [6.45, 7) is 4.06. The van der Waals surface area contributed by atoms with Crippen molar-refractivity contribution in [2.75, 3.05) is 0 Å². The Morgan fingerprint density at radius 2 is 1.90 bits per heavy atom. The monoisotopic (exact) mass is 404 g/mol. The highest BCUT2D eigenvalue weighted by atomic mass is 19.1. The number of hydrogen-bond donors (Lipinski definition) is 1. The number of aromatic hydroxyl groups is 1. The van der Waals surface area contributed by atoms with Crippen molar-refractivity contribution >= 4 is 11.4 Å². The topological polar surface area (TPSA) is 80.4 Å². The molecule has 7 heteroatoms. The predicted octanol–water partition coefficient (Wildman–Crippen LogP) is 4.57. The van der Waals surface area contributed by atoms with E-state index in [1.165, 1.54) is 12.3 Å². The van der Waals surface area contributed by atoms with Crippen LogP contribution in [0.1, 0.15) is 47.8 Å². The molecular weight excluding hydrogens is 383 g/mol. The van der Waals surface area contributed by atoms with Crippen LogP contribution in [-0.2, 0) is 6.42 Å². The molecular formula is C23H21FN4O2. The van der Waals surface area contributed by atoms with E-state index in [1.54, 1.807) is 41.0 Å². The lowest BCUT2D eigenvalue weighted by atomic mass is 10.0. The minimum Gasteiger partial charge on any atom is -0.508 e. The van der Waals surface area contributed by atoms with E-state index in [9.17, 15) is 14.3 Å². The molecule has 6 nitrogen and oxygen atoms in total. The van der Waals surface area contributed by atoms with Crippen molar-refractivity contribution in [3.05, 3.63) is 77.6 Å². The summed E-state index contributed by atoms with van der Waals surface area (Å²) >= 11 is 0. The lowest BCUT2D eigenvalue weighted by Crippen LogP contribution is -2.11. The number of halogens is 1. The average Bonchev–Trinajstić information content (AvgIpc) is 3.17. The molecule has 0 aliphatic rings. The molecule has 3 heterocycles. The first-order valence-corrected chi connectivity index (χ1v) is 9.73. The van der Waals surface area contributed by atoms with E-state index in [2.05, 4.69) is 15.1 Å². The summed E-state index contributed by atoms with van der Waals surface area (Å²) in [5, 5.41) is 13.8. The Bertz CT molecular complexity index is 1220. The van der Waals surface area contributed by atoms with E-state index in [0.29, 0.717) is 29.0 Å². The fourth-order valence-electron chi connectivity index (χ4n) is 3.33. The lowest BCUT2D eigenvalue weighted by Gasteiger charge is -2.10. The molecule has 0 unspecified atom stereocenters. The number of aromatic nitrogens is 4. The third kappa shape index (κ3) is 3.91. The molecule has 4 rings (SSSR count). The van der Waals surface area contributed by atoms with Gasteiger partial charge in [-0.3, -0.25) is 9.78 Å².